The van der Waals surface area contributed by atoms with Crippen molar-refractivity contribution in [2.24, 2.45) is 4.99 Å². The minimum absolute atomic E-state index is 0.312. The molecule has 1 aliphatic heterocycles. The normalized spacial score (nSPS) is 12.5. The summed E-state index contributed by atoms with van der Waals surface area (Å²) in [6.07, 6.45) is 1.49. The van der Waals surface area contributed by atoms with Crippen molar-refractivity contribution in [3.8, 4) is 0 Å². The van der Waals surface area contributed by atoms with Crippen molar-refractivity contribution in [2.45, 2.75) is 13.8 Å². The number of rotatable bonds is 2. The number of esters is 1. The van der Waals surface area contributed by atoms with Crippen LogP contribution in [0.5, 0.6) is 0 Å². The summed E-state index contributed by atoms with van der Waals surface area (Å²) < 4.78 is 9.22. The molecule has 13 heavy (non-hydrogen) atoms. The van der Waals surface area contributed by atoms with E-state index in [2.05, 4.69) is 21.0 Å². The average Bonchev–Trinajstić information content (AvgIpc) is 2.61. The molecule has 1 aliphatic rings. The molecule has 4 nitrogen and oxygen atoms in total. The lowest BCUT2D eigenvalue weighted by Crippen LogP contribution is -2.03. The highest BCUT2D eigenvalue weighted by molar-refractivity contribution is 5.86. The van der Waals surface area contributed by atoms with Gasteiger partial charge in [0.1, 0.15) is 6.61 Å². The smallest absolute Gasteiger partial charge is 0.333 e. The molecule has 0 aliphatic carbocycles. The highest BCUT2D eigenvalue weighted by Gasteiger charge is 1.98. The maximum atomic E-state index is 10.4. The zero-order chi connectivity index (χ0) is 10.1. The Kier molecular flexibility index (Phi) is 6.59. The van der Waals surface area contributed by atoms with Gasteiger partial charge in [-0.2, -0.15) is 0 Å². The first-order chi connectivity index (χ1) is 6.18. The van der Waals surface area contributed by atoms with Crippen molar-refractivity contribution in [3.63, 3.8) is 0 Å². The van der Waals surface area contributed by atoms with Gasteiger partial charge in [0.25, 0.3) is 0 Å². The van der Waals surface area contributed by atoms with Gasteiger partial charge in [-0.05, 0) is 13.8 Å². The largest absolute Gasteiger partial charge is 0.482 e. The second-order valence-corrected chi connectivity index (χ2v) is 2.38. The Labute approximate surface area is 78.3 Å². The summed E-state index contributed by atoms with van der Waals surface area (Å²) in [5, 5.41) is 0. The van der Waals surface area contributed by atoms with E-state index in [0.717, 1.165) is 13.2 Å². The van der Waals surface area contributed by atoms with Crippen LogP contribution in [0.25, 0.3) is 0 Å². The first kappa shape index (κ1) is 11.7. The number of hydrogen-bond acceptors (Lipinski definition) is 4. The Morgan fingerprint density at radius 2 is 2.46 bits per heavy atom. The Morgan fingerprint density at radius 3 is 2.62 bits per heavy atom. The van der Waals surface area contributed by atoms with Crippen LogP contribution in [0.2, 0.25) is 0 Å². The number of aliphatic imine (C=N–C) groups is 1. The van der Waals surface area contributed by atoms with E-state index in [1.165, 1.54) is 6.40 Å². The van der Waals surface area contributed by atoms with Crippen LogP contribution >= 0.6 is 0 Å². The predicted molar refractivity (Wildman–Crippen MR) is 50.8 cm³/mol. The van der Waals surface area contributed by atoms with E-state index in [4.69, 9.17) is 0 Å². The van der Waals surface area contributed by atoms with Crippen LogP contribution in [-0.4, -0.2) is 32.1 Å². The minimum atomic E-state index is -0.312. The molecule has 0 aromatic carbocycles. The fourth-order valence-corrected chi connectivity index (χ4v) is 0.518. The topological polar surface area (TPSA) is 47.9 Å². The minimum Gasteiger partial charge on any atom is -0.482 e. The van der Waals surface area contributed by atoms with E-state index in [9.17, 15) is 4.79 Å². The van der Waals surface area contributed by atoms with Crippen LogP contribution in [0, 0.1) is 0 Å². The Hall–Kier alpha value is -1.32. The molecule has 0 aromatic rings. The molecule has 0 bridgehead atoms. The lowest BCUT2D eigenvalue weighted by molar-refractivity contribution is -0.138. The zero-order valence-electron chi connectivity index (χ0n) is 8.08. The summed E-state index contributed by atoms with van der Waals surface area (Å²) in [7, 11) is 0. The monoisotopic (exact) mass is 185 g/mol. The molecule has 0 N–H and O–H groups in total. The molecule has 0 saturated heterocycles. The van der Waals surface area contributed by atoms with Crippen molar-refractivity contribution >= 4 is 12.4 Å². The Morgan fingerprint density at radius 1 is 1.77 bits per heavy atom. The van der Waals surface area contributed by atoms with Crippen molar-refractivity contribution < 1.29 is 14.3 Å². The van der Waals surface area contributed by atoms with E-state index < -0.39 is 0 Å². The summed E-state index contributed by atoms with van der Waals surface area (Å²) in [6.45, 7) is 8.83. The fourth-order valence-electron chi connectivity index (χ4n) is 0.518. The van der Waals surface area contributed by atoms with Gasteiger partial charge in [0, 0.05) is 5.57 Å². The van der Waals surface area contributed by atoms with Gasteiger partial charge in [-0.15, -0.1) is 0 Å². The third kappa shape index (κ3) is 7.05. The molecule has 4 heteroatoms. The second kappa shape index (κ2) is 7.34. The standard InChI is InChI=1S/C6H10O2.C3H5NO/c1-4-8-6(7)5(2)3;1-2-5-3-4-1/h2,4H2,1,3H3;3H,1-2H2. The number of carbonyl (C=O) groups excluding carboxylic acids is 1. The van der Waals surface area contributed by atoms with Gasteiger partial charge in [0.15, 0.2) is 6.40 Å². The first-order valence-corrected chi connectivity index (χ1v) is 4.11. The third-order valence-corrected chi connectivity index (χ3v) is 1.11. The van der Waals surface area contributed by atoms with E-state index in [1.807, 2.05) is 0 Å². The van der Waals surface area contributed by atoms with Crippen LogP contribution < -0.4 is 0 Å². The van der Waals surface area contributed by atoms with Crippen LogP contribution in [0.4, 0.5) is 0 Å². The molecule has 0 saturated carbocycles. The van der Waals surface area contributed by atoms with Crippen LogP contribution in [0.3, 0.4) is 0 Å². The van der Waals surface area contributed by atoms with Gasteiger partial charge in [0.05, 0.1) is 13.2 Å². The number of ether oxygens (including phenoxy) is 2. The molecular weight excluding hydrogens is 170 g/mol. The van der Waals surface area contributed by atoms with E-state index in [0.29, 0.717) is 12.2 Å². The van der Waals surface area contributed by atoms with Crippen LogP contribution in [-0.2, 0) is 14.3 Å². The molecule has 1 heterocycles. The Balaban J connectivity index is 0.000000243. The highest BCUT2D eigenvalue weighted by Crippen LogP contribution is 1.89. The van der Waals surface area contributed by atoms with Crippen molar-refractivity contribution in [1.29, 1.82) is 0 Å². The lowest BCUT2D eigenvalue weighted by Gasteiger charge is -1.96. The molecule has 0 amide bonds. The molecule has 74 valence electrons. The van der Waals surface area contributed by atoms with Crippen LogP contribution in [0.1, 0.15) is 13.8 Å². The summed E-state index contributed by atoms with van der Waals surface area (Å²) in [5.41, 5.74) is 0.451. The summed E-state index contributed by atoms with van der Waals surface area (Å²) >= 11 is 0. The number of nitrogens with zero attached hydrogens (tertiary/aromatic N) is 1. The van der Waals surface area contributed by atoms with Gasteiger partial charge in [-0.25, -0.2) is 4.79 Å². The molecule has 1 rings (SSSR count). The molecule has 0 spiro atoms. The fraction of sp³-hybridized carbons (Fsp3) is 0.556. The molecular formula is C9H15NO3. The number of carbonyl (C=O) groups is 1. The summed E-state index contributed by atoms with van der Waals surface area (Å²) in [6, 6.07) is 0. The quantitative estimate of drug-likeness (QED) is 0.479. The van der Waals surface area contributed by atoms with E-state index >= 15 is 0 Å². The van der Waals surface area contributed by atoms with Gasteiger partial charge in [-0.1, -0.05) is 6.58 Å². The molecule has 0 radical (unpaired) electrons. The van der Waals surface area contributed by atoms with Gasteiger partial charge < -0.3 is 9.47 Å². The predicted octanol–water partition coefficient (Wildman–Crippen LogP) is 1.17. The van der Waals surface area contributed by atoms with Crippen molar-refractivity contribution in [1.82, 2.24) is 0 Å². The van der Waals surface area contributed by atoms with Crippen LogP contribution in [0.15, 0.2) is 17.1 Å². The van der Waals surface area contributed by atoms with Crippen molar-refractivity contribution in [3.05, 3.63) is 12.2 Å². The maximum Gasteiger partial charge on any atom is 0.333 e. The van der Waals surface area contributed by atoms with Gasteiger partial charge >= 0.3 is 5.97 Å². The zero-order valence-corrected chi connectivity index (χ0v) is 8.08. The number of hydrogen-bond donors (Lipinski definition) is 0. The SMILES string of the molecule is C1=NCCO1.C=C(C)C(=O)OCC. The van der Waals surface area contributed by atoms with E-state index in [1.54, 1.807) is 13.8 Å². The average molecular weight is 185 g/mol. The van der Waals surface area contributed by atoms with E-state index in [-0.39, 0.29) is 5.97 Å². The summed E-state index contributed by atoms with van der Waals surface area (Å²) in [5.74, 6) is -0.312. The molecule has 0 unspecified atom stereocenters. The first-order valence-electron chi connectivity index (χ1n) is 4.11. The highest BCUT2D eigenvalue weighted by atomic mass is 16.5. The molecule has 0 fully saturated rings. The lowest BCUT2D eigenvalue weighted by atomic mass is 10.4. The third-order valence-electron chi connectivity index (χ3n) is 1.11. The van der Waals surface area contributed by atoms with Gasteiger partial charge in [0.2, 0.25) is 0 Å². The van der Waals surface area contributed by atoms with Gasteiger partial charge in [-0.3, -0.25) is 4.99 Å². The Bertz CT molecular complexity index is 193. The molecule has 0 aromatic heterocycles. The summed E-state index contributed by atoms with van der Waals surface area (Å²) in [4.78, 5) is 14.2. The van der Waals surface area contributed by atoms with Crippen molar-refractivity contribution in [2.75, 3.05) is 19.8 Å². The second-order valence-electron chi connectivity index (χ2n) is 2.38. The maximum absolute atomic E-state index is 10.4. The molecule has 0 atom stereocenters.